The molecule has 0 unspecified atom stereocenters. The van der Waals surface area contributed by atoms with Gasteiger partial charge in [0, 0.05) is 97.9 Å². The maximum atomic E-state index is 13.8. The van der Waals surface area contributed by atoms with Gasteiger partial charge < -0.3 is 15.0 Å². The summed E-state index contributed by atoms with van der Waals surface area (Å²) < 4.78 is 36.6. The quantitative estimate of drug-likeness (QED) is 0.0553. The number of halogens is 1. The molecule has 8 rings (SSSR count). The van der Waals surface area contributed by atoms with Gasteiger partial charge in [-0.1, -0.05) is 59.8 Å². The second-order valence-corrected chi connectivity index (χ2v) is 18.9. The number of fused-ring (bicyclic) bond motifs is 1. The third kappa shape index (κ3) is 10.3. The van der Waals surface area contributed by atoms with E-state index in [2.05, 4.69) is 76.1 Å². The Kier molecular flexibility index (Phi) is 13.4. The van der Waals surface area contributed by atoms with Crippen molar-refractivity contribution in [2.24, 2.45) is 0 Å². The summed E-state index contributed by atoms with van der Waals surface area (Å²) >= 11 is 9.26. The molecular formula is C42H44ClN9O5S3. The molecule has 0 bridgehead atoms. The van der Waals surface area contributed by atoms with Crippen molar-refractivity contribution in [2.45, 2.75) is 28.2 Å². The summed E-state index contributed by atoms with van der Waals surface area (Å²) in [6.07, 6.45) is 3.78. The fraction of sp³-hybridized carbons (Fsp3) is 0.310. The smallest absolute Gasteiger partial charge is 0.293 e. The van der Waals surface area contributed by atoms with Gasteiger partial charge in [-0.3, -0.25) is 24.6 Å². The van der Waals surface area contributed by atoms with Crippen LogP contribution >= 0.6 is 34.7 Å². The van der Waals surface area contributed by atoms with Crippen molar-refractivity contribution in [1.29, 1.82) is 0 Å². The number of hydrogen-bond acceptors (Lipinski definition) is 14. The molecule has 2 saturated heterocycles. The van der Waals surface area contributed by atoms with E-state index in [4.69, 9.17) is 16.3 Å². The maximum absolute atomic E-state index is 13.8. The normalized spacial score (nSPS) is 15.8. The summed E-state index contributed by atoms with van der Waals surface area (Å²) in [6, 6.07) is 25.9. The van der Waals surface area contributed by atoms with Crippen LogP contribution in [0.4, 0.5) is 22.9 Å². The summed E-state index contributed by atoms with van der Waals surface area (Å²) in [5, 5.41) is 18.9. The van der Waals surface area contributed by atoms with Crippen molar-refractivity contribution in [2.75, 3.05) is 79.7 Å². The number of nitrogens with zero attached hydrogens (tertiary/aromatic N) is 7. The van der Waals surface area contributed by atoms with Crippen LogP contribution in [0.2, 0.25) is 5.02 Å². The number of nitro groups is 1. The van der Waals surface area contributed by atoms with E-state index < -0.39 is 14.9 Å². The molecule has 6 aromatic rings. The first-order valence-corrected chi connectivity index (χ1v) is 23.4. The van der Waals surface area contributed by atoms with Crippen LogP contribution in [0, 0.1) is 10.1 Å². The molecule has 2 aliphatic heterocycles. The summed E-state index contributed by atoms with van der Waals surface area (Å²) in [6.45, 7) is 7.97. The minimum Gasteiger partial charge on any atom is -0.379 e. The Morgan fingerprint density at radius 1 is 0.917 bits per heavy atom. The highest BCUT2D eigenvalue weighted by Crippen LogP contribution is 2.33. The van der Waals surface area contributed by atoms with Crippen LogP contribution in [0.5, 0.6) is 0 Å². The number of nitrogens with one attached hydrogen (secondary N) is 2. The largest absolute Gasteiger partial charge is 0.379 e. The standard InChI is InChI=1S/C42H44ClN9O5S3/c43-32-7-5-30(6-8-32)36-4-2-1-3-31(36)27-50-16-18-51(19-17-50)34-9-11-37-39(25-34)45-29-46-41(37)48-60(55,56)35-10-12-38(40(26-35)52(53)54)47-33(28-59-42-44-14-24-58-42)13-15-49-20-22-57-23-21-49/h1-12,14,24-26,29,33,47H,13,15-23,27-28H2,(H,45,46,48)/t33-/m1/s1. The lowest BCUT2D eigenvalue weighted by molar-refractivity contribution is -0.384. The molecule has 14 nitrogen and oxygen atoms in total. The van der Waals surface area contributed by atoms with E-state index in [0.29, 0.717) is 34.9 Å². The lowest BCUT2D eigenvalue weighted by Gasteiger charge is -2.36. The number of hydrogen-bond donors (Lipinski definition) is 2. The van der Waals surface area contributed by atoms with Crippen LogP contribution in [0.1, 0.15) is 12.0 Å². The molecule has 4 aromatic carbocycles. The van der Waals surface area contributed by atoms with E-state index in [1.54, 1.807) is 18.0 Å². The Labute approximate surface area is 362 Å². The van der Waals surface area contributed by atoms with Crippen LogP contribution in [0.25, 0.3) is 22.0 Å². The Morgan fingerprint density at radius 3 is 2.48 bits per heavy atom. The van der Waals surface area contributed by atoms with Crippen LogP contribution in [-0.2, 0) is 21.3 Å². The van der Waals surface area contributed by atoms with Gasteiger partial charge in [0.15, 0.2) is 5.82 Å². The van der Waals surface area contributed by atoms with Gasteiger partial charge in [-0.25, -0.2) is 23.4 Å². The van der Waals surface area contributed by atoms with Gasteiger partial charge >= 0.3 is 0 Å². The first kappa shape index (κ1) is 41.8. The Balaban J connectivity index is 0.932. The van der Waals surface area contributed by atoms with E-state index in [9.17, 15) is 18.5 Å². The molecule has 60 heavy (non-hydrogen) atoms. The Bertz CT molecular complexity index is 2520. The average Bonchev–Trinajstić information content (AvgIpc) is 3.79. The van der Waals surface area contributed by atoms with Crippen LogP contribution in [-0.4, -0.2) is 109 Å². The van der Waals surface area contributed by atoms with Crippen LogP contribution < -0.4 is 14.9 Å². The van der Waals surface area contributed by atoms with Crippen molar-refractivity contribution in [3.05, 3.63) is 124 Å². The molecule has 2 N–H and O–H groups in total. The predicted molar refractivity (Wildman–Crippen MR) is 240 cm³/mol. The molecule has 2 fully saturated rings. The number of ether oxygens (including phenoxy) is 1. The first-order chi connectivity index (χ1) is 29.2. The molecule has 0 amide bonds. The van der Waals surface area contributed by atoms with Gasteiger partial charge in [0.05, 0.1) is 28.5 Å². The lowest BCUT2D eigenvalue weighted by Crippen LogP contribution is -2.46. The number of benzene rings is 4. The van der Waals surface area contributed by atoms with Gasteiger partial charge in [-0.15, -0.1) is 11.3 Å². The number of thioether (sulfide) groups is 1. The first-order valence-electron chi connectivity index (χ1n) is 19.6. The predicted octanol–water partition coefficient (Wildman–Crippen LogP) is 7.73. The highest BCUT2D eigenvalue weighted by atomic mass is 35.5. The molecule has 312 valence electrons. The van der Waals surface area contributed by atoms with E-state index >= 15 is 0 Å². The molecule has 0 spiro atoms. The monoisotopic (exact) mass is 885 g/mol. The molecule has 1 atom stereocenters. The highest BCUT2D eigenvalue weighted by Gasteiger charge is 2.26. The summed E-state index contributed by atoms with van der Waals surface area (Å²) in [5.41, 5.74) is 5.05. The van der Waals surface area contributed by atoms with Gasteiger partial charge in [0.25, 0.3) is 15.7 Å². The molecule has 2 aromatic heterocycles. The fourth-order valence-electron chi connectivity index (χ4n) is 7.47. The van der Waals surface area contributed by atoms with Gasteiger partial charge in [0.1, 0.15) is 16.4 Å². The zero-order valence-corrected chi connectivity index (χ0v) is 35.9. The van der Waals surface area contributed by atoms with Crippen molar-refractivity contribution in [3.63, 3.8) is 0 Å². The van der Waals surface area contributed by atoms with E-state index in [0.717, 1.165) is 80.4 Å². The topological polar surface area (TPSA) is 159 Å². The minimum atomic E-state index is -4.28. The summed E-state index contributed by atoms with van der Waals surface area (Å²) in [4.78, 5) is 31.7. The number of thiazole rings is 1. The number of piperazine rings is 1. The van der Waals surface area contributed by atoms with Crippen molar-refractivity contribution >= 4 is 78.5 Å². The van der Waals surface area contributed by atoms with Crippen molar-refractivity contribution < 1.29 is 18.1 Å². The SMILES string of the molecule is O=[N+]([O-])c1cc(S(=O)(=O)Nc2ncnc3cc(N4CCN(Cc5ccccc5-c5ccc(Cl)cc5)CC4)ccc23)ccc1N[C@H](CCN1CCOCC1)CSc1nccs1. The molecule has 0 radical (unpaired) electrons. The average molecular weight is 887 g/mol. The number of aromatic nitrogens is 3. The number of sulfonamides is 1. The molecule has 18 heteroatoms. The molecule has 4 heterocycles. The lowest BCUT2D eigenvalue weighted by atomic mass is 9.99. The number of nitro benzene ring substituents is 1. The molecule has 0 saturated carbocycles. The van der Waals surface area contributed by atoms with Crippen molar-refractivity contribution in [3.8, 4) is 11.1 Å². The zero-order chi connectivity index (χ0) is 41.5. The molecular weight excluding hydrogens is 842 g/mol. The van der Waals surface area contributed by atoms with Crippen LogP contribution in [0.15, 0.2) is 112 Å². The molecule has 2 aliphatic rings. The summed E-state index contributed by atoms with van der Waals surface area (Å²) in [5.74, 6) is 0.707. The Hall–Kier alpha value is -4.88. The van der Waals surface area contributed by atoms with E-state index in [1.807, 2.05) is 35.7 Å². The van der Waals surface area contributed by atoms with Gasteiger partial charge in [-0.2, -0.15) is 0 Å². The van der Waals surface area contributed by atoms with E-state index in [-0.39, 0.29) is 28.1 Å². The maximum Gasteiger partial charge on any atom is 0.293 e. The highest BCUT2D eigenvalue weighted by molar-refractivity contribution is 8.01. The summed E-state index contributed by atoms with van der Waals surface area (Å²) in [7, 11) is -4.28. The fourth-order valence-corrected chi connectivity index (χ4v) is 10.4. The van der Waals surface area contributed by atoms with Gasteiger partial charge in [-0.05, 0) is 65.6 Å². The van der Waals surface area contributed by atoms with Crippen molar-refractivity contribution in [1.82, 2.24) is 24.8 Å². The second kappa shape index (κ2) is 19.2. The molecule has 0 aliphatic carbocycles. The Morgan fingerprint density at radius 2 is 1.72 bits per heavy atom. The van der Waals surface area contributed by atoms with Gasteiger partial charge in [0.2, 0.25) is 0 Å². The van der Waals surface area contributed by atoms with Crippen LogP contribution in [0.3, 0.4) is 0 Å². The minimum absolute atomic E-state index is 0.0861. The number of anilines is 3. The number of morpholine rings is 1. The van der Waals surface area contributed by atoms with E-state index in [1.165, 1.54) is 40.9 Å². The third-order valence-corrected chi connectivity index (χ3v) is 14.4. The third-order valence-electron chi connectivity index (χ3n) is 10.7. The number of rotatable bonds is 16. The second-order valence-electron chi connectivity index (χ2n) is 14.6. The zero-order valence-electron chi connectivity index (χ0n) is 32.7.